The summed E-state index contributed by atoms with van der Waals surface area (Å²) in [6.07, 6.45) is 1.67. The highest BCUT2D eigenvalue weighted by atomic mass is 16.4. The molecule has 0 saturated heterocycles. The van der Waals surface area contributed by atoms with E-state index in [1.54, 1.807) is 24.9 Å². The minimum absolute atomic E-state index is 0.0469. The molecule has 4 nitrogen and oxygen atoms in total. The van der Waals surface area contributed by atoms with Gasteiger partial charge >= 0.3 is 5.97 Å². The molecule has 1 N–H and O–H groups in total. The number of nitrogens with zero attached hydrogens (tertiary/aromatic N) is 1. The van der Waals surface area contributed by atoms with E-state index in [0.717, 1.165) is 0 Å². The number of carboxylic acids is 1. The second kappa shape index (κ2) is 6.91. The van der Waals surface area contributed by atoms with Gasteiger partial charge in [0.15, 0.2) is 0 Å². The van der Waals surface area contributed by atoms with Crippen molar-refractivity contribution in [3.8, 4) is 0 Å². The number of carbonyl (C=O) groups is 2. The van der Waals surface area contributed by atoms with Crippen LogP contribution in [0.5, 0.6) is 0 Å². The first-order chi connectivity index (χ1) is 8.89. The lowest BCUT2D eigenvalue weighted by Crippen LogP contribution is -2.45. The summed E-state index contributed by atoms with van der Waals surface area (Å²) in [4.78, 5) is 25.2. The van der Waals surface area contributed by atoms with Crippen LogP contribution in [0.1, 0.15) is 48.5 Å². The lowest BCUT2D eigenvalue weighted by molar-refractivity contribution is -0.139. The molecule has 0 aliphatic heterocycles. The van der Waals surface area contributed by atoms with Gasteiger partial charge < -0.3 is 10.0 Å². The van der Waals surface area contributed by atoms with E-state index in [1.807, 2.05) is 41.5 Å². The van der Waals surface area contributed by atoms with Gasteiger partial charge in [0.05, 0.1) is 6.04 Å². The molecule has 0 aromatic rings. The number of carbonyl (C=O) groups excluding carboxylic acids is 1. The average Bonchev–Trinajstić information content (AvgIpc) is 2.31. The van der Waals surface area contributed by atoms with Crippen molar-refractivity contribution in [2.24, 2.45) is 17.3 Å². The molecule has 4 heteroatoms. The molecular weight excluding hydrogens is 254 g/mol. The highest BCUT2D eigenvalue weighted by molar-refractivity contribution is 5.86. The van der Waals surface area contributed by atoms with Crippen LogP contribution in [0.3, 0.4) is 0 Å². The predicted octanol–water partition coefficient (Wildman–Crippen LogP) is 3.18. The van der Waals surface area contributed by atoms with Crippen LogP contribution in [-0.4, -0.2) is 35.0 Å². The minimum atomic E-state index is -0.944. The van der Waals surface area contributed by atoms with Gasteiger partial charge in [-0.2, -0.15) is 0 Å². The monoisotopic (exact) mass is 283 g/mol. The molecule has 0 unspecified atom stereocenters. The van der Waals surface area contributed by atoms with Gasteiger partial charge in [-0.15, -0.1) is 0 Å². The molecular formula is C16H29NO3. The van der Waals surface area contributed by atoms with Gasteiger partial charge in [0.25, 0.3) is 0 Å². The van der Waals surface area contributed by atoms with Crippen molar-refractivity contribution in [2.75, 3.05) is 7.05 Å². The summed E-state index contributed by atoms with van der Waals surface area (Å²) in [5.74, 6) is -0.858. The van der Waals surface area contributed by atoms with Crippen molar-refractivity contribution in [1.82, 2.24) is 4.90 Å². The van der Waals surface area contributed by atoms with Crippen LogP contribution in [0.15, 0.2) is 11.6 Å². The molecule has 20 heavy (non-hydrogen) atoms. The van der Waals surface area contributed by atoms with Gasteiger partial charge in [0.2, 0.25) is 5.91 Å². The molecule has 0 radical (unpaired) electrons. The Morgan fingerprint density at radius 2 is 1.60 bits per heavy atom. The van der Waals surface area contributed by atoms with Crippen molar-refractivity contribution < 1.29 is 14.7 Å². The summed E-state index contributed by atoms with van der Waals surface area (Å²) in [5, 5.41) is 9.00. The van der Waals surface area contributed by atoms with Crippen molar-refractivity contribution in [1.29, 1.82) is 0 Å². The Bertz CT molecular complexity index is 391. The first kappa shape index (κ1) is 18.7. The second-order valence-electron chi connectivity index (χ2n) is 6.93. The Labute approximate surface area is 122 Å². The maximum Gasteiger partial charge on any atom is 0.331 e. The van der Waals surface area contributed by atoms with Crippen LogP contribution >= 0.6 is 0 Å². The molecule has 0 aliphatic carbocycles. The zero-order chi connectivity index (χ0) is 16.2. The zero-order valence-corrected chi connectivity index (χ0v) is 14.0. The van der Waals surface area contributed by atoms with Crippen LogP contribution in [0, 0.1) is 17.3 Å². The summed E-state index contributed by atoms with van der Waals surface area (Å²) in [6, 6.07) is -0.205. The Hall–Kier alpha value is -1.32. The second-order valence-corrected chi connectivity index (χ2v) is 6.93. The van der Waals surface area contributed by atoms with Gasteiger partial charge in [0.1, 0.15) is 0 Å². The highest BCUT2D eigenvalue weighted by Gasteiger charge is 2.32. The molecule has 2 atom stereocenters. The Balaban J connectivity index is 5.28. The third-order valence-corrected chi connectivity index (χ3v) is 3.91. The van der Waals surface area contributed by atoms with E-state index >= 15 is 0 Å². The highest BCUT2D eigenvalue weighted by Crippen LogP contribution is 2.28. The summed E-state index contributed by atoms with van der Waals surface area (Å²) in [7, 11) is 1.75. The normalized spacial score (nSPS) is 15.9. The third-order valence-electron chi connectivity index (χ3n) is 3.91. The summed E-state index contributed by atoms with van der Waals surface area (Å²) >= 11 is 0. The van der Waals surface area contributed by atoms with Crippen LogP contribution in [0.2, 0.25) is 0 Å². The number of hydrogen-bond acceptors (Lipinski definition) is 2. The van der Waals surface area contributed by atoms with Crippen LogP contribution in [0.25, 0.3) is 0 Å². The topological polar surface area (TPSA) is 57.6 Å². The van der Waals surface area contributed by atoms with E-state index < -0.39 is 5.97 Å². The third kappa shape index (κ3) is 4.99. The number of hydrogen-bond donors (Lipinski definition) is 1. The molecule has 0 aromatic heterocycles. The van der Waals surface area contributed by atoms with Gasteiger partial charge in [-0.1, -0.05) is 47.6 Å². The predicted molar refractivity (Wildman–Crippen MR) is 81.4 cm³/mol. The molecule has 0 aromatic carbocycles. The fraction of sp³-hybridized carbons (Fsp3) is 0.750. The smallest absolute Gasteiger partial charge is 0.331 e. The molecule has 0 heterocycles. The quantitative estimate of drug-likeness (QED) is 0.788. The molecule has 1 amide bonds. The molecule has 0 rings (SSSR count). The van der Waals surface area contributed by atoms with Crippen molar-refractivity contribution in [3.05, 3.63) is 11.6 Å². The van der Waals surface area contributed by atoms with Crippen LogP contribution < -0.4 is 0 Å². The van der Waals surface area contributed by atoms with Crippen molar-refractivity contribution >= 4 is 11.9 Å². The van der Waals surface area contributed by atoms with Gasteiger partial charge in [-0.05, 0) is 18.3 Å². The summed E-state index contributed by atoms with van der Waals surface area (Å²) < 4.78 is 0. The Kier molecular flexibility index (Phi) is 6.45. The lowest BCUT2D eigenvalue weighted by Gasteiger charge is -2.35. The van der Waals surface area contributed by atoms with E-state index in [1.165, 1.54) is 0 Å². The number of aliphatic carboxylic acids is 1. The number of likely N-dealkylation sites (N-methyl/N-ethyl adjacent to an activating group) is 1. The Morgan fingerprint density at radius 1 is 1.15 bits per heavy atom. The fourth-order valence-corrected chi connectivity index (χ4v) is 1.90. The first-order valence-corrected chi connectivity index (χ1v) is 7.08. The van der Waals surface area contributed by atoms with E-state index in [2.05, 4.69) is 0 Å². The maximum absolute atomic E-state index is 12.5. The number of amides is 1. The van der Waals surface area contributed by atoms with E-state index in [-0.39, 0.29) is 34.8 Å². The average molecular weight is 283 g/mol. The maximum atomic E-state index is 12.5. The SMILES string of the molecule is C/C(=C\[C@H](C(C)C)N(C)C(=O)[C@@H](C)C(C)(C)C)C(=O)O. The lowest BCUT2D eigenvalue weighted by atomic mass is 9.81. The summed E-state index contributed by atoms with van der Waals surface area (Å²) in [5.41, 5.74) is 0.157. The van der Waals surface area contributed by atoms with E-state index in [9.17, 15) is 9.59 Å². The van der Waals surface area contributed by atoms with Crippen molar-refractivity contribution in [2.45, 2.75) is 54.5 Å². The van der Waals surface area contributed by atoms with Gasteiger partial charge in [-0.3, -0.25) is 4.79 Å². The number of carboxylic acid groups (broad SMARTS) is 1. The zero-order valence-electron chi connectivity index (χ0n) is 14.0. The van der Waals surface area contributed by atoms with Gasteiger partial charge in [0, 0.05) is 18.5 Å². The molecule has 116 valence electrons. The van der Waals surface area contributed by atoms with Crippen LogP contribution in [0.4, 0.5) is 0 Å². The summed E-state index contributed by atoms with van der Waals surface area (Å²) in [6.45, 7) is 13.6. The largest absolute Gasteiger partial charge is 0.478 e. The van der Waals surface area contributed by atoms with Crippen LogP contribution in [-0.2, 0) is 9.59 Å². The van der Waals surface area contributed by atoms with Gasteiger partial charge in [-0.25, -0.2) is 4.79 Å². The molecule has 0 spiro atoms. The van der Waals surface area contributed by atoms with Crippen molar-refractivity contribution in [3.63, 3.8) is 0 Å². The molecule has 0 fully saturated rings. The minimum Gasteiger partial charge on any atom is -0.478 e. The first-order valence-electron chi connectivity index (χ1n) is 7.08. The Morgan fingerprint density at radius 3 is 1.90 bits per heavy atom. The molecule has 0 aliphatic rings. The van der Waals surface area contributed by atoms with E-state index in [0.29, 0.717) is 0 Å². The van der Waals surface area contributed by atoms with E-state index in [4.69, 9.17) is 5.11 Å². The standard InChI is InChI=1S/C16H29NO3/c1-10(2)13(9-11(3)15(19)20)17(8)14(18)12(4)16(5,6)7/h9-10,12-13H,1-8H3,(H,19,20)/b11-9+/t12-,13-/m1/s1. The number of rotatable bonds is 5. The fourth-order valence-electron chi connectivity index (χ4n) is 1.90. The molecule has 0 saturated carbocycles. The molecule has 0 bridgehead atoms.